The van der Waals surface area contributed by atoms with E-state index in [2.05, 4.69) is 5.32 Å². The second-order valence-corrected chi connectivity index (χ2v) is 6.88. The zero-order valence-electron chi connectivity index (χ0n) is 11.9. The van der Waals surface area contributed by atoms with Gasteiger partial charge in [0.1, 0.15) is 0 Å². The van der Waals surface area contributed by atoms with Crippen molar-refractivity contribution in [3.05, 3.63) is 65.7 Å². The van der Waals surface area contributed by atoms with Crippen molar-refractivity contribution in [3.63, 3.8) is 0 Å². The number of aliphatic hydroxyl groups excluding tert-OH is 1. The van der Waals surface area contributed by atoms with E-state index in [9.17, 15) is 8.42 Å². The lowest BCUT2D eigenvalue weighted by Crippen LogP contribution is -2.25. The third-order valence-corrected chi connectivity index (χ3v) is 4.32. The van der Waals surface area contributed by atoms with Crippen molar-refractivity contribution >= 4 is 9.84 Å². The van der Waals surface area contributed by atoms with Crippen molar-refractivity contribution in [2.75, 3.05) is 19.4 Å². The molecule has 0 aliphatic carbocycles. The molecule has 0 amide bonds. The SMILES string of the molecule is CS(=O)(=O)c1cccc(C(NCCO)c2ccccc2)c1. The fourth-order valence-electron chi connectivity index (χ4n) is 2.21. The van der Waals surface area contributed by atoms with Crippen LogP contribution < -0.4 is 5.32 Å². The minimum atomic E-state index is -3.24. The topological polar surface area (TPSA) is 66.4 Å². The predicted molar refractivity (Wildman–Crippen MR) is 82.9 cm³/mol. The van der Waals surface area contributed by atoms with E-state index in [1.807, 2.05) is 36.4 Å². The Morgan fingerprint density at radius 2 is 1.71 bits per heavy atom. The van der Waals surface area contributed by atoms with Crippen LogP contribution in [0.15, 0.2) is 59.5 Å². The first-order valence-electron chi connectivity index (χ1n) is 6.71. The van der Waals surface area contributed by atoms with Crippen molar-refractivity contribution in [1.82, 2.24) is 5.32 Å². The van der Waals surface area contributed by atoms with Gasteiger partial charge < -0.3 is 10.4 Å². The molecule has 0 heterocycles. The number of benzene rings is 2. The van der Waals surface area contributed by atoms with E-state index in [1.54, 1.807) is 18.2 Å². The molecule has 0 spiro atoms. The van der Waals surface area contributed by atoms with E-state index in [-0.39, 0.29) is 12.6 Å². The Morgan fingerprint density at radius 3 is 2.33 bits per heavy atom. The van der Waals surface area contributed by atoms with Gasteiger partial charge in [-0.05, 0) is 23.3 Å². The van der Waals surface area contributed by atoms with E-state index in [0.29, 0.717) is 11.4 Å². The molecule has 0 saturated carbocycles. The summed E-state index contributed by atoms with van der Waals surface area (Å²) in [5, 5.41) is 12.3. The highest BCUT2D eigenvalue weighted by molar-refractivity contribution is 7.90. The van der Waals surface area contributed by atoms with Gasteiger partial charge in [0, 0.05) is 12.8 Å². The fraction of sp³-hybridized carbons (Fsp3) is 0.250. The van der Waals surface area contributed by atoms with Gasteiger partial charge in [-0.1, -0.05) is 42.5 Å². The lowest BCUT2D eigenvalue weighted by Gasteiger charge is -2.20. The Labute approximate surface area is 125 Å². The highest BCUT2D eigenvalue weighted by atomic mass is 32.2. The first-order valence-corrected chi connectivity index (χ1v) is 8.60. The molecule has 2 rings (SSSR count). The van der Waals surface area contributed by atoms with Crippen molar-refractivity contribution in [1.29, 1.82) is 0 Å². The molecule has 1 atom stereocenters. The van der Waals surface area contributed by atoms with E-state index in [1.165, 1.54) is 6.26 Å². The molecule has 2 aromatic rings. The lowest BCUT2D eigenvalue weighted by molar-refractivity contribution is 0.288. The van der Waals surface area contributed by atoms with E-state index in [4.69, 9.17) is 5.11 Å². The van der Waals surface area contributed by atoms with Gasteiger partial charge in [0.05, 0.1) is 17.5 Å². The minimum absolute atomic E-state index is 0.0229. The number of hydrogen-bond donors (Lipinski definition) is 2. The van der Waals surface area contributed by atoms with Gasteiger partial charge >= 0.3 is 0 Å². The highest BCUT2D eigenvalue weighted by Crippen LogP contribution is 2.24. The van der Waals surface area contributed by atoms with Gasteiger partial charge in [-0.25, -0.2) is 8.42 Å². The summed E-state index contributed by atoms with van der Waals surface area (Å²) in [6.45, 7) is 0.456. The van der Waals surface area contributed by atoms with Gasteiger partial charge in [0.25, 0.3) is 0 Å². The molecule has 0 aromatic heterocycles. The summed E-state index contributed by atoms with van der Waals surface area (Å²) in [5.41, 5.74) is 1.88. The molecule has 0 radical (unpaired) electrons. The van der Waals surface area contributed by atoms with Gasteiger partial charge in [-0.15, -0.1) is 0 Å². The number of sulfone groups is 1. The number of rotatable bonds is 6. The molecule has 112 valence electrons. The highest BCUT2D eigenvalue weighted by Gasteiger charge is 2.15. The van der Waals surface area contributed by atoms with Crippen molar-refractivity contribution in [2.45, 2.75) is 10.9 Å². The maximum atomic E-state index is 11.7. The van der Waals surface area contributed by atoms with Crippen LogP contribution in [0.1, 0.15) is 17.2 Å². The van der Waals surface area contributed by atoms with Crippen LogP contribution in [-0.4, -0.2) is 32.9 Å². The molecule has 21 heavy (non-hydrogen) atoms. The molecule has 5 heteroatoms. The molecule has 2 aromatic carbocycles. The summed E-state index contributed by atoms with van der Waals surface area (Å²) in [7, 11) is -3.24. The summed E-state index contributed by atoms with van der Waals surface area (Å²) in [6, 6.07) is 16.5. The quantitative estimate of drug-likeness (QED) is 0.853. The molecule has 0 saturated heterocycles. The third-order valence-electron chi connectivity index (χ3n) is 3.21. The van der Waals surface area contributed by atoms with Crippen molar-refractivity contribution < 1.29 is 13.5 Å². The maximum absolute atomic E-state index is 11.7. The second kappa shape index (κ2) is 6.85. The number of hydrogen-bond acceptors (Lipinski definition) is 4. The number of nitrogens with one attached hydrogen (secondary N) is 1. The van der Waals surface area contributed by atoms with Crippen LogP contribution in [0.3, 0.4) is 0 Å². The van der Waals surface area contributed by atoms with Gasteiger partial charge in [-0.2, -0.15) is 0 Å². The largest absolute Gasteiger partial charge is 0.395 e. The second-order valence-electron chi connectivity index (χ2n) is 4.87. The molecule has 2 N–H and O–H groups in total. The summed E-state index contributed by atoms with van der Waals surface area (Å²) in [6.07, 6.45) is 1.20. The van der Waals surface area contributed by atoms with E-state index in [0.717, 1.165) is 11.1 Å². The Bertz CT molecular complexity index is 684. The Morgan fingerprint density at radius 1 is 1.05 bits per heavy atom. The van der Waals surface area contributed by atoms with Gasteiger partial charge in [-0.3, -0.25) is 0 Å². The third kappa shape index (κ3) is 4.14. The van der Waals surface area contributed by atoms with Crippen LogP contribution in [0.25, 0.3) is 0 Å². The Kier molecular flexibility index (Phi) is 5.12. The molecule has 1 unspecified atom stereocenters. The van der Waals surface area contributed by atoms with Crippen LogP contribution in [0, 0.1) is 0 Å². The summed E-state index contributed by atoms with van der Waals surface area (Å²) >= 11 is 0. The maximum Gasteiger partial charge on any atom is 0.175 e. The normalized spacial score (nSPS) is 13.0. The minimum Gasteiger partial charge on any atom is -0.395 e. The predicted octanol–water partition coefficient (Wildman–Crippen LogP) is 1.76. The fourth-order valence-corrected chi connectivity index (χ4v) is 2.88. The monoisotopic (exact) mass is 305 g/mol. The molecule has 4 nitrogen and oxygen atoms in total. The van der Waals surface area contributed by atoms with Crippen LogP contribution in [-0.2, 0) is 9.84 Å². The average molecular weight is 305 g/mol. The molecule has 0 aliphatic heterocycles. The number of aliphatic hydroxyl groups is 1. The van der Waals surface area contributed by atoms with Crippen LogP contribution in [0.5, 0.6) is 0 Å². The summed E-state index contributed by atoms with van der Waals surface area (Å²) < 4.78 is 23.4. The van der Waals surface area contributed by atoms with E-state index >= 15 is 0 Å². The first-order chi connectivity index (χ1) is 10.0. The van der Waals surface area contributed by atoms with Crippen LogP contribution >= 0.6 is 0 Å². The first kappa shape index (κ1) is 15.7. The molecule has 0 fully saturated rings. The van der Waals surface area contributed by atoms with Crippen LogP contribution in [0.2, 0.25) is 0 Å². The zero-order chi connectivity index (χ0) is 15.3. The van der Waals surface area contributed by atoms with Crippen molar-refractivity contribution in [2.24, 2.45) is 0 Å². The molecule has 0 aliphatic rings. The average Bonchev–Trinajstić information content (AvgIpc) is 2.48. The van der Waals surface area contributed by atoms with Gasteiger partial charge in [0.15, 0.2) is 9.84 Å². The molecule has 0 bridgehead atoms. The zero-order valence-corrected chi connectivity index (χ0v) is 12.7. The van der Waals surface area contributed by atoms with Crippen LogP contribution in [0.4, 0.5) is 0 Å². The van der Waals surface area contributed by atoms with Crippen molar-refractivity contribution in [3.8, 4) is 0 Å². The standard InChI is InChI=1S/C16H19NO3S/c1-21(19,20)15-9-5-8-14(12-15)16(17-10-11-18)13-6-3-2-4-7-13/h2-9,12,16-18H,10-11H2,1H3. The molecular formula is C16H19NO3S. The lowest BCUT2D eigenvalue weighted by atomic mass is 9.99. The smallest absolute Gasteiger partial charge is 0.175 e. The Hall–Kier alpha value is -1.69. The Balaban J connectivity index is 2.42. The summed E-state index contributed by atoms with van der Waals surface area (Å²) in [4.78, 5) is 0.298. The van der Waals surface area contributed by atoms with E-state index < -0.39 is 9.84 Å². The summed E-state index contributed by atoms with van der Waals surface area (Å²) in [5.74, 6) is 0. The molecular weight excluding hydrogens is 286 g/mol. The van der Waals surface area contributed by atoms with Gasteiger partial charge in [0.2, 0.25) is 0 Å².